The zero-order chi connectivity index (χ0) is 29.7. The smallest absolute Gasteiger partial charge is 0.188 e. The number of Topliss-reactive ketones (excluding diaryl/α,β-unsaturated/α-hetero) is 2. The Morgan fingerprint density at radius 2 is 1.26 bits per heavy atom. The Labute approximate surface area is 252 Å². The summed E-state index contributed by atoms with van der Waals surface area (Å²) in [5, 5.41) is 2.61. The normalized spacial score (nSPS) is 12.9. The minimum absolute atomic E-state index is 0.0975. The van der Waals surface area contributed by atoms with E-state index in [4.69, 9.17) is 9.47 Å². The SMILES string of the molecule is O=C(CC1CCCCC1)c1cc(Oc2cncnc2)ccn1.O=C(Cc1nccs1)c1cc(Oc2cncnc2)ccn1. The largest absolute Gasteiger partial charge is 0.454 e. The molecule has 43 heavy (non-hydrogen) atoms. The van der Waals surface area contributed by atoms with Crippen molar-refractivity contribution in [3.63, 3.8) is 0 Å². The van der Waals surface area contributed by atoms with Gasteiger partial charge in [0, 0.05) is 42.5 Å². The number of ether oxygens (including phenoxy) is 2. The van der Waals surface area contributed by atoms with Crippen LogP contribution >= 0.6 is 11.3 Å². The van der Waals surface area contributed by atoms with Gasteiger partial charge in [0.15, 0.2) is 23.1 Å². The van der Waals surface area contributed by atoms with Crippen molar-refractivity contribution in [2.75, 3.05) is 0 Å². The van der Waals surface area contributed by atoms with E-state index in [0.717, 1.165) is 17.8 Å². The molecule has 1 aliphatic rings. The summed E-state index contributed by atoms with van der Waals surface area (Å²) in [4.78, 5) is 52.4. The molecule has 1 saturated carbocycles. The van der Waals surface area contributed by atoms with Gasteiger partial charge in [-0.25, -0.2) is 24.9 Å². The molecule has 1 aliphatic carbocycles. The van der Waals surface area contributed by atoms with Gasteiger partial charge in [0.1, 0.15) is 40.5 Å². The average molecular weight is 596 g/mol. The second-order valence-electron chi connectivity index (χ2n) is 9.76. The lowest BCUT2D eigenvalue weighted by atomic mass is 9.85. The molecule has 0 unspecified atom stereocenters. The van der Waals surface area contributed by atoms with E-state index in [0.29, 0.717) is 46.7 Å². The highest BCUT2D eigenvalue weighted by atomic mass is 32.1. The molecule has 0 aliphatic heterocycles. The van der Waals surface area contributed by atoms with Crippen molar-refractivity contribution in [3.8, 4) is 23.0 Å². The first-order valence-corrected chi connectivity index (χ1v) is 14.7. The number of thiazole rings is 1. The van der Waals surface area contributed by atoms with Gasteiger partial charge in [-0.1, -0.05) is 32.1 Å². The Morgan fingerprint density at radius 3 is 1.79 bits per heavy atom. The molecule has 0 radical (unpaired) electrons. The number of aromatic nitrogens is 7. The lowest BCUT2D eigenvalue weighted by Gasteiger charge is -2.20. The molecule has 0 amide bonds. The highest BCUT2D eigenvalue weighted by molar-refractivity contribution is 7.09. The monoisotopic (exact) mass is 595 g/mol. The molecule has 5 aromatic rings. The highest BCUT2D eigenvalue weighted by Crippen LogP contribution is 2.28. The molecule has 0 bridgehead atoms. The maximum atomic E-state index is 12.4. The molecule has 11 nitrogen and oxygen atoms in total. The number of nitrogens with zero attached hydrogens (tertiary/aromatic N) is 7. The lowest BCUT2D eigenvalue weighted by Crippen LogP contribution is -2.13. The van der Waals surface area contributed by atoms with E-state index in [1.54, 1.807) is 61.4 Å². The minimum Gasteiger partial charge on any atom is -0.454 e. The topological polar surface area (TPSA) is 143 Å². The Morgan fingerprint density at radius 1 is 0.698 bits per heavy atom. The molecule has 12 heteroatoms. The number of pyridine rings is 2. The van der Waals surface area contributed by atoms with Crippen LogP contribution in [0.3, 0.4) is 0 Å². The van der Waals surface area contributed by atoms with Crippen LogP contribution in [0.25, 0.3) is 0 Å². The van der Waals surface area contributed by atoms with Crippen LogP contribution < -0.4 is 9.47 Å². The van der Waals surface area contributed by atoms with Gasteiger partial charge in [0.25, 0.3) is 0 Å². The summed E-state index contributed by atoms with van der Waals surface area (Å²) in [5.41, 5.74) is 0.819. The summed E-state index contributed by atoms with van der Waals surface area (Å²) in [6, 6.07) is 6.69. The Hall–Kier alpha value is -4.97. The quantitative estimate of drug-likeness (QED) is 0.166. The molecule has 6 rings (SSSR count). The average Bonchev–Trinajstić information content (AvgIpc) is 3.56. The first-order valence-electron chi connectivity index (χ1n) is 13.8. The van der Waals surface area contributed by atoms with Crippen molar-refractivity contribution in [1.82, 2.24) is 34.9 Å². The number of hydrogen-bond donors (Lipinski definition) is 0. The first-order chi connectivity index (χ1) is 21.1. The van der Waals surface area contributed by atoms with Crippen molar-refractivity contribution in [1.29, 1.82) is 0 Å². The van der Waals surface area contributed by atoms with Gasteiger partial charge in [-0.05, 0) is 18.1 Å². The fourth-order valence-electron chi connectivity index (χ4n) is 4.53. The molecular weight excluding hydrogens is 566 g/mol. The summed E-state index contributed by atoms with van der Waals surface area (Å²) in [7, 11) is 0. The van der Waals surface area contributed by atoms with Crippen LogP contribution in [-0.2, 0) is 6.42 Å². The number of hydrogen-bond acceptors (Lipinski definition) is 12. The number of ketones is 2. The Bertz CT molecular complexity index is 1600. The number of rotatable bonds is 10. The van der Waals surface area contributed by atoms with Gasteiger partial charge in [-0.15, -0.1) is 11.3 Å². The summed E-state index contributed by atoms with van der Waals surface area (Å²) < 4.78 is 11.2. The summed E-state index contributed by atoms with van der Waals surface area (Å²) in [6.45, 7) is 0. The van der Waals surface area contributed by atoms with E-state index in [1.807, 2.05) is 5.38 Å². The number of carbonyl (C=O) groups excluding carboxylic acids is 2. The molecule has 0 spiro atoms. The summed E-state index contributed by atoms with van der Waals surface area (Å²) >= 11 is 1.45. The number of carbonyl (C=O) groups is 2. The van der Waals surface area contributed by atoms with Crippen LogP contribution in [0, 0.1) is 5.92 Å². The van der Waals surface area contributed by atoms with Crippen LogP contribution in [0.2, 0.25) is 0 Å². The third kappa shape index (κ3) is 9.27. The standard InChI is InChI=1S/C17H19N3O2.C14H10N4O2S/c21-17(8-13-4-2-1-3-5-13)16-9-14(6-7-20-16)22-15-10-18-12-19-11-15;19-13(6-14-18-3-4-21-14)12-5-10(1-2-17-12)20-11-7-15-9-16-8-11/h6-7,9-13H,1-5,8H2;1-5,7-9H,6H2. The van der Waals surface area contributed by atoms with E-state index in [1.165, 1.54) is 49.5 Å². The van der Waals surface area contributed by atoms with Crippen LogP contribution in [0.15, 0.2) is 85.7 Å². The van der Waals surface area contributed by atoms with E-state index in [2.05, 4.69) is 34.9 Å². The van der Waals surface area contributed by atoms with Gasteiger partial charge in [-0.2, -0.15) is 0 Å². The van der Waals surface area contributed by atoms with Crippen LogP contribution in [0.1, 0.15) is 64.5 Å². The molecule has 0 saturated heterocycles. The van der Waals surface area contributed by atoms with E-state index in [-0.39, 0.29) is 18.0 Å². The van der Waals surface area contributed by atoms with Gasteiger partial charge >= 0.3 is 0 Å². The lowest BCUT2D eigenvalue weighted by molar-refractivity contribution is 0.0943. The molecule has 218 valence electrons. The predicted molar refractivity (Wildman–Crippen MR) is 158 cm³/mol. The van der Waals surface area contributed by atoms with Crippen molar-refractivity contribution >= 4 is 22.9 Å². The molecule has 5 heterocycles. The predicted octanol–water partition coefficient (Wildman–Crippen LogP) is 6.36. The van der Waals surface area contributed by atoms with E-state index < -0.39 is 0 Å². The van der Waals surface area contributed by atoms with Crippen LogP contribution in [-0.4, -0.2) is 46.5 Å². The Balaban J connectivity index is 0.000000171. The second-order valence-corrected chi connectivity index (χ2v) is 10.7. The maximum Gasteiger partial charge on any atom is 0.188 e. The van der Waals surface area contributed by atoms with E-state index in [9.17, 15) is 9.59 Å². The summed E-state index contributed by atoms with van der Waals surface area (Å²) in [5.74, 6) is 2.65. The summed E-state index contributed by atoms with van der Waals surface area (Å²) in [6.07, 6.45) is 20.8. The minimum atomic E-state index is -0.0975. The van der Waals surface area contributed by atoms with Crippen LogP contribution in [0.5, 0.6) is 23.0 Å². The maximum absolute atomic E-state index is 12.4. The Kier molecular flexibility index (Phi) is 10.5. The highest BCUT2D eigenvalue weighted by Gasteiger charge is 2.19. The zero-order valence-electron chi connectivity index (χ0n) is 23.3. The molecule has 0 aromatic carbocycles. The molecule has 0 N–H and O–H groups in total. The first kappa shape index (κ1) is 29.5. The van der Waals surface area contributed by atoms with Gasteiger partial charge in [-0.3, -0.25) is 19.6 Å². The van der Waals surface area contributed by atoms with Crippen molar-refractivity contribution in [2.45, 2.75) is 44.9 Å². The fraction of sp³-hybridized carbons (Fsp3) is 0.258. The third-order valence-electron chi connectivity index (χ3n) is 6.57. The third-order valence-corrected chi connectivity index (χ3v) is 7.35. The molecule has 1 fully saturated rings. The molecule has 5 aromatic heterocycles. The van der Waals surface area contributed by atoms with Crippen molar-refractivity contribution < 1.29 is 19.1 Å². The van der Waals surface area contributed by atoms with Crippen molar-refractivity contribution in [2.24, 2.45) is 5.92 Å². The molecular formula is C31H29N7O4S. The van der Waals surface area contributed by atoms with Gasteiger partial charge < -0.3 is 9.47 Å². The van der Waals surface area contributed by atoms with Crippen molar-refractivity contribution in [3.05, 3.63) is 102 Å². The van der Waals surface area contributed by atoms with Crippen LogP contribution in [0.4, 0.5) is 0 Å². The van der Waals surface area contributed by atoms with E-state index >= 15 is 0 Å². The van der Waals surface area contributed by atoms with Gasteiger partial charge in [0.2, 0.25) is 0 Å². The second kappa shape index (κ2) is 15.3. The zero-order valence-corrected chi connectivity index (χ0v) is 24.1. The van der Waals surface area contributed by atoms with Gasteiger partial charge in [0.05, 0.1) is 31.2 Å². The fourth-order valence-corrected chi connectivity index (χ4v) is 5.14. The molecule has 0 atom stereocenters.